The lowest BCUT2D eigenvalue weighted by molar-refractivity contribution is 0.349. The summed E-state index contributed by atoms with van der Waals surface area (Å²) in [5.41, 5.74) is 0. The fourth-order valence-electron chi connectivity index (χ4n) is 1.69. The van der Waals surface area contributed by atoms with Gasteiger partial charge in [-0.15, -0.1) is 0 Å². The van der Waals surface area contributed by atoms with Crippen molar-refractivity contribution in [1.29, 1.82) is 0 Å². The molecule has 0 radical (unpaired) electrons. The minimum atomic E-state index is -3.53. The van der Waals surface area contributed by atoms with Crippen molar-refractivity contribution in [2.24, 2.45) is 0 Å². The summed E-state index contributed by atoms with van der Waals surface area (Å²) in [5.74, 6) is 0.142. The van der Waals surface area contributed by atoms with Gasteiger partial charge >= 0.3 is 10.2 Å². The molecule has 1 aliphatic heterocycles. The van der Waals surface area contributed by atoms with Gasteiger partial charge < -0.3 is 0 Å². The van der Waals surface area contributed by atoms with Crippen LogP contribution in [0.25, 0.3) is 0 Å². The van der Waals surface area contributed by atoms with Crippen LogP contribution in [0.5, 0.6) is 0 Å². The molecular formula is C9H13ClN4O2S. The van der Waals surface area contributed by atoms with Gasteiger partial charge in [0, 0.05) is 13.1 Å². The van der Waals surface area contributed by atoms with Crippen LogP contribution in [-0.2, 0) is 10.2 Å². The summed E-state index contributed by atoms with van der Waals surface area (Å²) in [7, 11) is -3.53. The SMILES string of the molecule is O=S(=O)(Nc1cncc(Cl)n1)N1CCCCC1. The van der Waals surface area contributed by atoms with Crippen molar-refractivity contribution in [3.05, 3.63) is 17.5 Å². The Morgan fingerprint density at radius 1 is 1.24 bits per heavy atom. The van der Waals surface area contributed by atoms with Crippen LogP contribution in [0.1, 0.15) is 19.3 Å². The number of rotatable bonds is 3. The average molecular weight is 277 g/mol. The molecular weight excluding hydrogens is 264 g/mol. The van der Waals surface area contributed by atoms with Crippen molar-refractivity contribution in [3.63, 3.8) is 0 Å². The van der Waals surface area contributed by atoms with Crippen LogP contribution in [0.3, 0.4) is 0 Å². The van der Waals surface area contributed by atoms with Crippen LogP contribution in [0, 0.1) is 0 Å². The fraction of sp³-hybridized carbons (Fsp3) is 0.556. The van der Waals surface area contributed by atoms with Gasteiger partial charge in [-0.05, 0) is 12.8 Å². The highest BCUT2D eigenvalue weighted by atomic mass is 35.5. The molecule has 8 heteroatoms. The molecule has 94 valence electrons. The lowest BCUT2D eigenvalue weighted by Gasteiger charge is -2.25. The first kappa shape index (κ1) is 12.5. The molecule has 17 heavy (non-hydrogen) atoms. The van der Waals surface area contributed by atoms with Gasteiger partial charge in [-0.2, -0.15) is 12.7 Å². The number of halogens is 1. The van der Waals surface area contributed by atoms with Crippen molar-refractivity contribution >= 4 is 27.6 Å². The molecule has 0 atom stereocenters. The van der Waals surface area contributed by atoms with E-state index in [9.17, 15) is 8.42 Å². The third-order valence-corrected chi connectivity index (χ3v) is 4.19. The molecule has 1 fully saturated rings. The standard InChI is InChI=1S/C9H13ClN4O2S/c10-8-6-11-7-9(12-8)13-17(15,16)14-4-2-1-3-5-14/h6-7H,1-5H2,(H,12,13). The molecule has 0 amide bonds. The molecule has 0 aliphatic carbocycles. The number of aromatic nitrogens is 2. The Kier molecular flexibility index (Phi) is 3.80. The Morgan fingerprint density at radius 3 is 2.59 bits per heavy atom. The molecule has 1 N–H and O–H groups in total. The zero-order chi connectivity index (χ0) is 12.3. The first-order chi connectivity index (χ1) is 8.08. The Morgan fingerprint density at radius 2 is 1.94 bits per heavy atom. The zero-order valence-electron chi connectivity index (χ0n) is 9.13. The van der Waals surface area contributed by atoms with Crippen LogP contribution in [0.4, 0.5) is 5.82 Å². The summed E-state index contributed by atoms with van der Waals surface area (Å²) < 4.78 is 27.7. The van der Waals surface area contributed by atoms with E-state index in [0.29, 0.717) is 13.1 Å². The second-order valence-electron chi connectivity index (χ2n) is 3.79. The smallest absolute Gasteiger partial charge is 0.258 e. The van der Waals surface area contributed by atoms with E-state index >= 15 is 0 Å². The van der Waals surface area contributed by atoms with Gasteiger partial charge in [0.15, 0.2) is 5.82 Å². The van der Waals surface area contributed by atoms with Crippen molar-refractivity contribution < 1.29 is 8.42 Å². The van der Waals surface area contributed by atoms with E-state index < -0.39 is 10.2 Å². The summed E-state index contributed by atoms with van der Waals surface area (Å²) >= 11 is 5.64. The van der Waals surface area contributed by atoms with E-state index in [1.807, 2.05) is 0 Å². The minimum absolute atomic E-state index is 0.142. The lowest BCUT2D eigenvalue weighted by Crippen LogP contribution is -2.39. The molecule has 2 rings (SSSR count). The highest BCUT2D eigenvalue weighted by Crippen LogP contribution is 2.15. The molecule has 1 saturated heterocycles. The zero-order valence-corrected chi connectivity index (χ0v) is 10.7. The first-order valence-electron chi connectivity index (χ1n) is 5.33. The van der Waals surface area contributed by atoms with E-state index in [1.165, 1.54) is 16.7 Å². The van der Waals surface area contributed by atoms with Crippen LogP contribution in [-0.4, -0.2) is 35.8 Å². The Hall–Kier alpha value is -0.920. The quantitative estimate of drug-likeness (QED) is 0.902. The number of nitrogens with one attached hydrogen (secondary N) is 1. The van der Waals surface area contributed by atoms with Crippen molar-refractivity contribution in [2.45, 2.75) is 19.3 Å². The second kappa shape index (κ2) is 5.16. The molecule has 6 nitrogen and oxygen atoms in total. The molecule has 0 aromatic carbocycles. The van der Waals surface area contributed by atoms with Crippen molar-refractivity contribution in [1.82, 2.24) is 14.3 Å². The van der Waals surface area contributed by atoms with Gasteiger partial charge in [0.1, 0.15) is 5.15 Å². The Balaban J connectivity index is 2.11. The van der Waals surface area contributed by atoms with Crippen LogP contribution >= 0.6 is 11.6 Å². The molecule has 1 aromatic heterocycles. The normalized spacial score (nSPS) is 17.9. The molecule has 0 unspecified atom stereocenters. The maximum Gasteiger partial charge on any atom is 0.302 e. The van der Waals surface area contributed by atoms with Gasteiger partial charge in [-0.3, -0.25) is 9.71 Å². The third kappa shape index (κ3) is 3.27. The van der Waals surface area contributed by atoms with Gasteiger partial charge in [-0.25, -0.2) is 4.98 Å². The summed E-state index contributed by atoms with van der Waals surface area (Å²) in [6, 6.07) is 0. The number of anilines is 1. The first-order valence-corrected chi connectivity index (χ1v) is 7.15. The molecule has 0 bridgehead atoms. The maximum atomic E-state index is 12.0. The van der Waals surface area contributed by atoms with Crippen molar-refractivity contribution in [3.8, 4) is 0 Å². The highest BCUT2D eigenvalue weighted by Gasteiger charge is 2.24. The maximum absolute atomic E-state index is 12.0. The van der Waals surface area contributed by atoms with Crippen LogP contribution in [0.2, 0.25) is 5.15 Å². The number of hydrogen-bond donors (Lipinski definition) is 1. The molecule has 2 heterocycles. The van der Waals surface area contributed by atoms with E-state index in [0.717, 1.165) is 19.3 Å². The molecule has 0 spiro atoms. The predicted octanol–water partition coefficient (Wildman–Crippen LogP) is 1.27. The number of nitrogens with zero attached hydrogens (tertiary/aromatic N) is 3. The third-order valence-electron chi connectivity index (χ3n) is 2.49. The molecule has 1 aromatic rings. The van der Waals surface area contributed by atoms with Crippen molar-refractivity contribution in [2.75, 3.05) is 17.8 Å². The Labute approximate surface area is 105 Å². The summed E-state index contributed by atoms with van der Waals surface area (Å²) in [6.45, 7) is 1.09. The predicted molar refractivity (Wildman–Crippen MR) is 65.0 cm³/mol. The second-order valence-corrected chi connectivity index (χ2v) is 5.85. The van der Waals surface area contributed by atoms with E-state index in [-0.39, 0.29) is 11.0 Å². The topological polar surface area (TPSA) is 75.2 Å². The Bertz CT molecular complexity index is 488. The van der Waals surface area contributed by atoms with E-state index in [1.54, 1.807) is 0 Å². The van der Waals surface area contributed by atoms with Crippen LogP contribution < -0.4 is 4.72 Å². The average Bonchev–Trinajstić information content (AvgIpc) is 2.29. The van der Waals surface area contributed by atoms with Gasteiger partial charge in [0.2, 0.25) is 0 Å². The van der Waals surface area contributed by atoms with E-state index in [4.69, 9.17) is 11.6 Å². The number of hydrogen-bond acceptors (Lipinski definition) is 4. The van der Waals surface area contributed by atoms with E-state index in [2.05, 4.69) is 14.7 Å². The molecule has 1 aliphatic rings. The molecule has 0 saturated carbocycles. The summed E-state index contributed by atoms with van der Waals surface area (Å²) in [4.78, 5) is 7.61. The van der Waals surface area contributed by atoms with Gasteiger partial charge in [-0.1, -0.05) is 18.0 Å². The van der Waals surface area contributed by atoms with Crippen LogP contribution in [0.15, 0.2) is 12.4 Å². The summed E-state index contributed by atoms with van der Waals surface area (Å²) in [5, 5.41) is 0.156. The monoisotopic (exact) mass is 276 g/mol. The minimum Gasteiger partial charge on any atom is -0.258 e. The number of piperidine rings is 1. The highest BCUT2D eigenvalue weighted by molar-refractivity contribution is 7.90. The van der Waals surface area contributed by atoms with Gasteiger partial charge in [0.25, 0.3) is 0 Å². The summed E-state index contributed by atoms with van der Waals surface area (Å²) in [6.07, 6.45) is 5.53. The van der Waals surface area contributed by atoms with Gasteiger partial charge in [0.05, 0.1) is 12.4 Å². The fourth-order valence-corrected chi connectivity index (χ4v) is 3.07. The lowest BCUT2D eigenvalue weighted by atomic mass is 10.2. The largest absolute Gasteiger partial charge is 0.302 e.